The Balaban J connectivity index is 1.50. The number of carbonyl (C=O) groups is 1. The quantitative estimate of drug-likeness (QED) is 0.773. The number of rotatable bonds is 4. The number of fused-ring (bicyclic) bond motifs is 1. The molecule has 0 aliphatic carbocycles. The first-order chi connectivity index (χ1) is 13.2. The summed E-state index contributed by atoms with van der Waals surface area (Å²) in [6, 6.07) is 9.80. The van der Waals surface area contributed by atoms with Crippen LogP contribution in [0, 0.1) is 6.92 Å². The lowest BCUT2D eigenvalue weighted by Gasteiger charge is -2.32. The van der Waals surface area contributed by atoms with Crippen LogP contribution < -0.4 is 0 Å². The number of hydrogen-bond acceptors (Lipinski definition) is 4. The fraction of sp³-hybridized carbons (Fsp3) is 0.381. The topological polar surface area (TPSA) is 71.2 Å². The van der Waals surface area contributed by atoms with Crippen molar-refractivity contribution in [2.75, 3.05) is 19.7 Å². The molecule has 2 aromatic heterocycles. The van der Waals surface area contributed by atoms with Crippen molar-refractivity contribution in [2.24, 2.45) is 0 Å². The van der Waals surface area contributed by atoms with Gasteiger partial charge in [-0.3, -0.25) is 9.78 Å². The first-order valence-electron chi connectivity index (χ1n) is 9.45. The highest BCUT2D eigenvalue weighted by Crippen LogP contribution is 2.29. The average Bonchev–Trinajstić information content (AvgIpc) is 3.08. The van der Waals surface area contributed by atoms with Crippen molar-refractivity contribution in [1.82, 2.24) is 19.4 Å². The number of imidazole rings is 1. The summed E-state index contributed by atoms with van der Waals surface area (Å²) in [5.41, 5.74) is 1.60. The number of benzene rings is 1. The van der Waals surface area contributed by atoms with E-state index in [4.69, 9.17) is 0 Å². The van der Waals surface area contributed by atoms with Crippen LogP contribution in [0.5, 0.6) is 0 Å². The molecule has 4 rings (SSSR count). The Morgan fingerprint density at radius 1 is 1.19 bits per heavy atom. The first-order valence-corrected chi connectivity index (χ1v) is 9.45. The zero-order valence-corrected chi connectivity index (χ0v) is 15.5. The fourth-order valence-corrected chi connectivity index (χ4v) is 3.98. The summed E-state index contributed by atoms with van der Waals surface area (Å²) in [6.07, 6.45) is 5.32. The van der Waals surface area contributed by atoms with Gasteiger partial charge in [-0.1, -0.05) is 24.3 Å². The number of aryl methyl sites for hydroxylation is 1. The van der Waals surface area contributed by atoms with E-state index in [0.717, 1.165) is 35.1 Å². The Kier molecular flexibility index (Phi) is 4.90. The van der Waals surface area contributed by atoms with Crippen molar-refractivity contribution in [3.05, 3.63) is 59.9 Å². The molecule has 1 fully saturated rings. The lowest BCUT2D eigenvalue weighted by Crippen LogP contribution is -2.39. The van der Waals surface area contributed by atoms with Crippen LogP contribution in [-0.2, 0) is 6.54 Å². The molecule has 0 saturated carbocycles. The Morgan fingerprint density at radius 2 is 1.96 bits per heavy atom. The number of aliphatic hydroxyl groups excluding tert-OH is 1. The molecule has 6 heteroatoms. The Morgan fingerprint density at radius 3 is 2.74 bits per heavy atom. The summed E-state index contributed by atoms with van der Waals surface area (Å²) in [5.74, 6) is 1.34. The molecule has 3 aromatic rings. The maximum atomic E-state index is 13.0. The number of aromatic nitrogens is 3. The molecule has 6 nitrogen and oxygen atoms in total. The van der Waals surface area contributed by atoms with Gasteiger partial charge < -0.3 is 14.6 Å². The molecule has 1 amide bonds. The van der Waals surface area contributed by atoms with Crippen molar-refractivity contribution in [2.45, 2.75) is 32.2 Å². The van der Waals surface area contributed by atoms with Crippen LogP contribution in [0.2, 0.25) is 0 Å². The molecule has 1 aliphatic heterocycles. The third kappa shape index (κ3) is 3.32. The largest absolute Gasteiger partial charge is 0.395 e. The lowest BCUT2D eigenvalue weighted by molar-refractivity contribution is 0.0706. The van der Waals surface area contributed by atoms with Gasteiger partial charge in [0.25, 0.3) is 5.91 Å². The van der Waals surface area contributed by atoms with E-state index in [9.17, 15) is 9.90 Å². The molecule has 0 bridgehead atoms. The minimum atomic E-state index is 0.000121. The van der Waals surface area contributed by atoms with Gasteiger partial charge in [0.15, 0.2) is 0 Å². The van der Waals surface area contributed by atoms with E-state index in [1.807, 2.05) is 48.4 Å². The van der Waals surface area contributed by atoms with E-state index in [1.165, 1.54) is 0 Å². The Hall–Kier alpha value is -2.73. The van der Waals surface area contributed by atoms with Crippen LogP contribution in [0.15, 0.2) is 42.7 Å². The second-order valence-corrected chi connectivity index (χ2v) is 7.08. The summed E-state index contributed by atoms with van der Waals surface area (Å²) in [4.78, 5) is 23.9. The fourth-order valence-electron chi connectivity index (χ4n) is 3.98. The van der Waals surface area contributed by atoms with Crippen molar-refractivity contribution < 1.29 is 9.90 Å². The van der Waals surface area contributed by atoms with Crippen molar-refractivity contribution in [3.63, 3.8) is 0 Å². The summed E-state index contributed by atoms with van der Waals surface area (Å²) in [7, 11) is 0. The molecule has 1 saturated heterocycles. The van der Waals surface area contributed by atoms with Crippen LogP contribution in [-0.4, -0.2) is 50.1 Å². The van der Waals surface area contributed by atoms with Gasteiger partial charge in [-0.15, -0.1) is 0 Å². The molecule has 1 aliphatic rings. The average molecular weight is 364 g/mol. The van der Waals surface area contributed by atoms with Crippen molar-refractivity contribution in [1.29, 1.82) is 0 Å². The third-order valence-corrected chi connectivity index (χ3v) is 5.43. The molecule has 0 spiro atoms. The standard InChI is InChI=1S/C21H24N4O2/c1-15-14-23-20(25(15)12-13-26)17-7-10-24(11-8-17)21(27)19-18-5-3-2-4-16(18)6-9-22-19/h2-6,9,14,17,26H,7-8,10-13H2,1H3. The van der Waals surface area contributed by atoms with E-state index < -0.39 is 0 Å². The summed E-state index contributed by atoms with van der Waals surface area (Å²) in [6.45, 7) is 4.07. The third-order valence-electron chi connectivity index (χ3n) is 5.43. The van der Waals surface area contributed by atoms with E-state index in [1.54, 1.807) is 6.20 Å². The highest BCUT2D eigenvalue weighted by molar-refractivity contribution is 6.05. The van der Waals surface area contributed by atoms with Gasteiger partial charge in [0.1, 0.15) is 11.5 Å². The molecular formula is C21H24N4O2. The van der Waals surface area contributed by atoms with Gasteiger partial charge in [-0.2, -0.15) is 0 Å². The predicted molar refractivity (Wildman–Crippen MR) is 104 cm³/mol. The number of aliphatic hydroxyl groups is 1. The van der Waals surface area contributed by atoms with Crippen LogP contribution in [0.25, 0.3) is 10.8 Å². The van der Waals surface area contributed by atoms with E-state index in [2.05, 4.69) is 14.5 Å². The minimum Gasteiger partial charge on any atom is -0.395 e. The molecule has 27 heavy (non-hydrogen) atoms. The van der Waals surface area contributed by atoms with E-state index >= 15 is 0 Å². The van der Waals surface area contributed by atoms with Gasteiger partial charge in [-0.05, 0) is 31.2 Å². The first kappa shape index (κ1) is 17.7. The molecule has 140 valence electrons. The van der Waals surface area contributed by atoms with Gasteiger partial charge in [0.05, 0.1) is 6.61 Å². The van der Waals surface area contributed by atoms with Gasteiger partial charge in [-0.25, -0.2) is 4.98 Å². The van der Waals surface area contributed by atoms with Crippen LogP contribution in [0.1, 0.15) is 40.8 Å². The second-order valence-electron chi connectivity index (χ2n) is 7.08. The van der Waals surface area contributed by atoms with Crippen molar-refractivity contribution >= 4 is 16.7 Å². The molecule has 1 aromatic carbocycles. The molecule has 0 atom stereocenters. The second kappa shape index (κ2) is 7.48. The zero-order chi connectivity index (χ0) is 18.8. The summed E-state index contributed by atoms with van der Waals surface area (Å²) >= 11 is 0. The van der Waals surface area contributed by atoms with E-state index in [0.29, 0.717) is 31.2 Å². The maximum Gasteiger partial charge on any atom is 0.273 e. The normalized spacial score (nSPS) is 15.4. The molecule has 3 heterocycles. The number of piperidine rings is 1. The number of likely N-dealkylation sites (tertiary alicyclic amines) is 1. The SMILES string of the molecule is Cc1cnc(C2CCN(C(=O)c3nccc4ccccc34)CC2)n1CCO. The molecule has 1 N–H and O–H groups in total. The Labute approximate surface area is 158 Å². The number of pyridine rings is 1. The van der Waals surface area contributed by atoms with Crippen LogP contribution in [0.3, 0.4) is 0 Å². The highest BCUT2D eigenvalue weighted by atomic mass is 16.3. The number of carbonyl (C=O) groups excluding carboxylic acids is 1. The van der Waals surface area contributed by atoms with Gasteiger partial charge >= 0.3 is 0 Å². The molecule has 0 unspecified atom stereocenters. The predicted octanol–water partition coefficient (Wildman–Crippen LogP) is 2.75. The minimum absolute atomic E-state index is 0.000121. The summed E-state index contributed by atoms with van der Waals surface area (Å²) < 4.78 is 2.09. The maximum absolute atomic E-state index is 13.0. The van der Waals surface area contributed by atoms with Crippen molar-refractivity contribution in [3.8, 4) is 0 Å². The Bertz CT molecular complexity index is 952. The molecular weight excluding hydrogens is 340 g/mol. The lowest BCUT2D eigenvalue weighted by atomic mass is 9.95. The number of hydrogen-bond donors (Lipinski definition) is 1. The molecule has 0 radical (unpaired) electrons. The smallest absolute Gasteiger partial charge is 0.273 e. The zero-order valence-electron chi connectivity index (χ0n) is 15.5. The summed E-state index contributed by atoms with van der Waals surface area (Å²) in [5, 5.41) is 11.2. The van der Waals surface area contributed by atoms with E-state index in [-0.39, 0.29) is 12.5 Å². The monoisotopic (exact) mass is 364 g/mol. The van der Waals surface area contributed by atoms with Crippen LogP contribution in [0.4, 0.5) is 0 Å². The van der Waals surface area contributed by atoms with Gasteiger partial charge in [0.2, 0.25) is 0 Å². The van der Waals surface area contributed by atoms with Crippen LogP contribution >= 0.6 is 0 Å². The highest BCUT2D eigenvalue weighted by Gasteiger charge is 2.28. The van der Waals surface area contributed by atoms with Gasteiger partial charge in [0, 0.05) is 49.0 Å². The number of amides is 1. The number of nitrogens with zero attached hydrogens (tertiary/aromatic N) is 4.